The normalized spacial score (nSPS) is 11.1. The van der Waals surface area contributed by atoms with Crippen LogP contribution in [0.2, 0.25) is 14.4 Å². The molecule has 0 amide bonds. The molecule has 2 aromatic heterocycles. The SMILES string of the molecule is CCn1c(SCc2ccc(Cl)c(Cl)c2)nnc1-c1ccc(Cl)s1. The minimum Gasteiger partial charge on any atom is -0.302 e. The van der Waals surface area contributed by atoms with E-state index in [0.717, 1.165) is 38.1 Å². The van der Waals surface area contributed by atoms with Crippen LogP contribution >= 0.6 is 57.9 Å². The van der Waals surface area contributed by atoms with E-state index >= 15 is 0 Å². The van der Waals surface area contributed by atoms with Crippen molar-refractivity contribution in [3.63, 3.8) is 0 Å². The van der Waals surface area contributed by atoms with Gasteiger partial charge in [-0.15, -0.1) is 21.5 Å². The fourth-order valence-electron chi connectivity index (χ4n) is 2.07. The van der Waals surface area contributed by atoms with Crippen LogP contribution in [-0.2, 0) is 12.3 Å². The van der Waals surface area contributed by atoms with E-state index in [4.69, 9.17) is 34.8 Å². The van der Waals surface area contributed by atoms with E-state index in [0.29, 0.717) is 10.0 Å². The van der Waals surface area contributed by atoms with Gasteiger partial charge >= 0.3 is 0 Å². The molecule has 3 aromatic rings. The second kappa shape index (κ2) is 7.45. The summed E-state index contributed by atoms with van der Waals surface area (Å²) in [5, 5.41) is 10.6. The molecule has 0 unspecified atom stereocenters. The van der Waals surface area contributed by atoms with Gasteiger partial charge in [0.25, 0.3) is 0 Å². The lowest BCUT2D eigenvalue weighted by molar-refractivity contribution is 0.688. The minimum atomic E-state index is 0.564. The largest absolute Gasteiger partial charge is 0.302 e. The van der Waals surface area contributed by atoms with Crippen molar-refractivity contribution in [2.24, 2.45) is 0 Å². The van der Waals surface area contributed by atoms with Gasteiger partial charge in [-0.3, -0.25) is 0 Å². The number of thiophene rings is 1. The number of rotatable bonds is 5. The molecule has 0 aliphatic carbocycles. The highest BCUT2D eigenvalue weighted by Gasteiger charge is 2.15. The van der Waals surface area contributed by atoms with Gasteiger partial charge in [0.15, 0.2) is 11.0 Å². The van der Waals surface area contributed by atoms with E-state index in [2.05, 4.69) is 21.7 Å². The molecule has 23 heavy (non-hydrogen) atoms. The van der Waals surface area contributed by atoms with E-state index in [1.165, 1.54) is 11.3 Å². The maximum absolute atomic E-state index is 6.06. The lowest BCUT2D eigenvalue weighted by Gasteiger charge is -2.06. The molecule has 0 bridgehead atoms. The van der Waals surface area contributed by atoms with Crippen molar-refractivity contribution in [3.05, 3.63) is 50.3 Å². The molecule has 2 heterocycles. The molecule has 3 rings (SSSR count). The van der Waals surface area contributed by atoms with Crippen molar-refractivity contribution in [1.29, 1.82) is 0 Å². The Morgan fingerprint density at radius 2 is 1.91 bits per heavy atom. The zero-order chi connectivity index (χ0) is 16.4. The van der Waals surface area contributed by atoms with Gasteiger partial charge in [-0.25, -0.2) is 0 Å². The Hall–Kier alpha value is -0.720. The first-order valence-corrected chi connectivity index (χ1v) is 9.77. The summed E-state index contributed by atoms with van der Waals surface area (Å²) in [7, 11) is 0. The third kappa shape index (κ3) is 3.86. The molecule has 0 aliphatic rings. The topological polar surface area (TPSA) is 30.7 Å². The summed E-state index contributed by atoms with van der Waals surface area (Å²) in [6, 6.07) is 9.50. The summed E-state index contributed by atoms with van der Waals surface area (Å²) >= 11 is 21.1. The van der Waals surface area contributed by atoms with Gasteiger partial charge in [-0.2, -0.15) is 0 Å². The summed E-state index contributed by atoms with van der Waals surface area (Å²) in [4.78, 5) is 1.02. The summed E-state index contributed by atoms with van der Waals surface area (Å²) in [6.07, 6.45) is 0. The number of benzene rings is 1. The Kier molecular flexibility index (Phi) is 5.54. The van der Waals surface area contributed by atoms with Crippen molar-refractivity contribution < 1.29 is 0 Å². The maximum atomic E-state index is 6.06. The first-order chi connectivity index (χ1) is 11.1. The number of aromatic nitrogens is 3. The number of nitrogens with zero attached hydrogens (tertiary/aromatic N) is 3. The van der Waals surface area contributed by atoms with E-state index in [1.54, 1.807) is 11.8 Å². The van der Waals surface area contributed by atoms with E-state index < -0.39 is 0 Å². The van der Waals surface area contributed by atoms with Crippen LogP contribution in [0.25, 0.3) is 10.7 Å². The summed E-state index contributed by atoms with van der Waals surface area (Å²) in [5.74, 6) is 1.60. The average Bonchev–Trinajstić information content (AvgIpc) is 3.14. The highest BCUT2D eigenvalue weighted by Crippen LogP contribution is 2.33. The lowest BCUT2D eigenvalue weighted by atomic mass is 10.2. The molecule has 0 aliphatic heterocycles. The maximum Gasteiger partial charge on any atom is 0.191 e. The number of hydrogen-bond donors (Lipinski definition) is 0. The van der Waals surface area contributed by atoms with Crippen LogP contribution in [0.5, 0.6) is 0 Å². The summed E-state index contributed by atoms with van der Waals surface area (Å²) in [6.45, 7) is 2.87. The van der Waals surface area contributed by atoms with Gasteiger partial charge in [-0.05, 0) is 36.8 Å². The smallest absolute Gasteiger partial charge is 0.191 e. The first-order valence-electron chi connectivity index (χ1n) is 6.84. The number of thioether (sulfide) groups is 1. The molecular weight excluding hydrogens is 393 g/mol. The molecule has 0 radical (unpaired) electrons. The second-order valence-electron chi connectivity index (χ2n) is 4.69. The van der Waals surface area contributed by atoms with E-state index in [1.807, 2.05) is 30.3 Å². The molecular formula is C15H12Cl3N3S2. The van der Waals surface area contributed by atoms with Crippen LogP contribution in [0.4, 0.5) is 0 Å². The highest BCUT2D eigenvalue weighted by molar-refractivity contribution is 7.98. The fraction of sp³-hybridized carbons (Fsp3) is 0.200. The Morgan fingerprint density at radius 3 is 2.57 bits per heavy atom. The molecule has 0 N–H and O–H groups in total. The standard InChI is InChI=1S/C15H12Cl3N3S2/c1-2-21-14(12-5-6-13(18)23-12)19-20-15(21)22-8-9-3-4-10(16)11(17)7-9/h3-7H,2,8H2,1H3. The van der Waals surface area contributed by atoms with Crippen molar-refractivity contribution in [1.82, 2.24) is 14.8 Å². The third-order valence-corrected chi connectivity index (χ3v) is 6.18. The Balaban J connectivity index is 1.80. The predicted octanol–water partition coefficient (Wildman–Crippen LogP) is 6.28. The van der Waals surface area contributed by atoms with Crippen molar-refractivity contribution in [3.8, 4) is 10.7 Å². The van der Waals surface area contributed by atoms with Crippen molar-refractivity contribution >= 4 is 57.9 Å². The molecule has 8 heteroatoms. The molecule has 0 spiro atoms. The zero-order valence-electron chi connectivity index (χ0n) is 12.1. The van der Waals surface area contributed by atoms with Crippen LogP contribution in [0, 0.1) is 0 Å². The summed E-state index contributed by atoms with van der Waals surface area (Å²) < 4.78 is 2.83. The number of hydrogen-bond acceptors (Lipinski definition) is 4. The molecule has 1 aromatic carbocycles. The van der Waals surface area contributed by atoms with Gasteiger partial charge in [0.2, 0.25) is 0 Å². The average molecular weight is 405 g/mol. The molecule has 0 saturated carbocycles. The van der Waals surface area contributed by atoms with Gasteiger partial charge in [-0.1, -0.05) is 52.6 Å². The van der Waals surface area contributed by atoms with Gasteiger partial charge in [0.1, 0.15) is 0 Å². The zero-order valence-corrected chi connectivity index (χ0v) is 16.0. The highest BCUT2D eigenvalue weighted by atomic mass is 35.5. The fourth-order valence-corrected chi connectivity index (χ4v) is 4.38. The lowest BCUT2D eigenvalue weighted by Crippen LogP contribution is -1.99. The van der Waals surface area contributed by atoms with Gasteiger partial charge < -0.3 is 4.57 Å². The molecule has 0 fully saturated rings. The molecule has 0 atom stereocenters. The van der Waals surface area contributed by atoms with Crippen molar-refractivity contribution in [2.45, 2.75) is 24.4 Å². The Labute approximate surface area is 157 Å². The quantitative estimate of drug-likeness (QED) is 0.469. The van der Waals surface area contributed by atoms with Crippen molar-refractivity contribution in [2.75, 3.05) is 0 Å². The van der Waals surface area contributed by atoms with Gasteiger partial charge in [0.05, 0.1) is 19.3 Å². The van der Waals surface area contributed by atoms with Crippen LogP contribution in [-0.4, -0.2) is 14.8 Å². The minimum absolute atomic E-state index is 0.564. The third-order valence-electron chi connectivity index (χ3n) is 3.18. The second-order valence-corrected chi connectivity index (χ2v) is 8.16. The Morgan fingerprint density at radius 1 is 1.09 bits per heavy atom. The molecule has 120 valence electrons. The van der Waals surface area contributed by atoms with E-state index in [-0.39, 0.29) is 0 Å². The number of halogens is 3. The first kappa shape index (κ1) is 17.1. The van der Waals surface area contributed by atoms with E-state index in [9.17, 15) is 0 Å². The predicted molar refractivity (Wildman–Crippen MR) is 100 cm³/mol. The molecule has 0 saturated heterocycles. The van der Waals surface area contributed by atoms with Crippen LogP contribution < -0.4 is 0 Å². The molecule has 3 nitrogen and oxygen atoms in total. The Bertz CT molecular complexity index is 829. The van der Waals surface area contributed by atoms with Crippen LogP contribution in [0.15, 0.2) is 35.5 Å². The summed E-state index contributed by atoms with van der Waals surface area (Å²) in [5.41, 5.74) is 1.09. The monoisotopic (exact) mass is 403 g/mol. The van der Waals surface area contributed by atoms with Crippen LogP contribution in [0.3, 0.4) is 0 Å². The van der Waals surface area contributed by atoms with Crippen LogP contribution in [0.1, 0.15) is 12.5 Å². The van der Waals surface area contributed by atoms with Gasteiger partial charge in [0, 0.05) is 12.3 Å².